The van der Waals surface area contributed by atoms with Crippen molar-refractivity contribution in [3.8, 4) is 11.3 Å². The highest BCUT2D eigenvalue weighted by atomic mass is 16.6. The van der Waals surface area contributed by atoms with Crippen molar-refractivity contribution in [2.24, 2.45) is 0 Å². The topological polar surface area (TPSA) is 92.5 Å². The smallest absolute Gasteiger partial charge is 0.292 e. The van der Waals surface area contributed by atoms with Crippen molar-refractivity contribution >= 4 is 28.2 Å². The lowest BCUT2D eigenvalue weighted by atomic mass is 10.0. The molecule has 0 N–H and O–H groups in total. The Bertz CT molecular complexity index is 1330. The molecule has 1 saturated heterocycles. The van der Waals surface area contributed by atoms with E-state index in [4.69, 9.17) is 4.98 Å². The molecule has 2 aromatic heterocycles. The third-order valence-electron chi connectivity index (χ3n) is 5.91. The molecular formula is C25H21N5O3. The van der Waals surface area contributed by atoms with Crippen LogP contribution in [0.2, 0.25) is 0 Å². The number of fused-ring (bicyclic) bond motifs is 1. The highest BCUT2D eigenvalue weighted by Gasteiger charge is 2.27. The van der Waals surface area contributed by atoms with Crippen LogP contribution < -0.4 is 4.90 Å². The van der Waals surface area contributed by atoms with Crippen molar-refractivity contribution in [3.63, 3.8) is 0 Å². The lowest BCUT2D eigenvalue weighted by Crippen LogP contribution is -2.49. The Morgan fingerprint density at radius 2 is 1.61 bits per heavy atom. The van der Waals surface area contributed by atoms with E-state index in [9.17, 15) is 14.9 Å². The molecule has 3 heterocycles. The van der Waals surface area contributed by atoms with Gasteiger partial charge in [-0.05, 0) is 30.3 Å². The molecule has 1 aliphatic rings. The van der Waals surface area contributed by atoms with Crippen LogP contribution in [0.3, 0.4) is 0 Å². The van der Waals surface area contributed by atoms with Gasteiger partial charge in [-0.1, -0.05) is 30.3 Å². The fourth-order valence-electron chi connectivity index (χ4n) is 4.23. The number of anilines is 1. The van der Waals surface area contributed by atoms with Crippen molar-refractivity contribution in [2.45, 2.75) is 0 Å². The van der Waals surface area contributed by atoms with Crippen LogP contribution in [-0.2, 0) is 0 Å². The second kappa shape index (κ2) is 8.66. The van der Waals surface area contributed by atoms with E-state index >= 15 is 0 Å². The molecule has 4 aromatic rings. The zero-order chi connectivity index (χ0) is 22.8. The maximum atomic E-state index is 13.6. The van der Waals surface area contributed by atoms with Crippen molar-refractivity contribution in [3.05, 3.63) is 94.8 Å². The average Bonchev–Trinajstić information content (AvgIpc) is 2.88. The number of hydrogen-bond acceptors (Lipinski definition) is 6. The van der Waals surface area contributed by atoms with Gasteiger partial charge >= 0.3 is 0 Å². The quantitative estimate of drug-likeness (QED) is 0.350. The number of pyridine rings is 2. The van der Waals surface area contributed by atoms with Gasteiger partial charge in [0.05, 0.1) is 21.7 Å². The summed E-state index contributed by atoms with van der Waals surface area (Å²) in [6.07, 6.45) is 3.41. The van der Waals surface area contributed by atoms with Crippen LogP contribution in [0.25, 0.3) is 22.2 Å². The molecule has 8 heteroatoms. The largest absolute Gasteiger partial charge is 0.362 e. The fraction of sp³-hybridized carbons (Fsp3) is 0.160. The molecular weight excluding hydrogens is 418 g/mol. The van der Waals surface area contributed by atoms with Crippen LogP contribution in [0, 0.1) is 10.1 Å². The SMILES string of the molecule is O=C(c1cc(-c2ccncc2)nc2ccccc12)N1CCN(c2ccccc2[N+](=O)[O-])CC1. The Labute approximate surface area is 190 Å². The summed E-state index contributed by atoms with van der Waals surface area (Å²) in [5.41, 5.74) is 3.65. The first kappa shape index (κ1) is 20.6. The molecule has 8 nitrogen and oxygen atoms in total. The molecule has 164 valence electrons. The lowest BCUT2D eigenvalue weighted by Gasteiger charge is -2.36. The summed E-state index contributed by atoms with van der Waals surface area (Å²) in [6.45, 7) is 2.01. The van der Waals surface area contributed by atoms with E-state index in [2.05, 4.69) is 4.98 Å². The number of carbonyl (C=O) groups excluding carboxylic acids is 1. The third-order valence-corrected chi connectivity index (χ3v) is 5.91. The van der Waals surface area contributed by atoms with Gasteiger partial charge in [-0.25, -0.2) is 4.98 Å². The zero-order valence-electron chi connectivity index (χ0n) is 17.8. The van der Waals surface area contributed by atoms with Gasteiger partial charge in [0.2, 0.25) is 0 Å². The Hall–Kier alpha value is -4.33. The van der Waals surface area contributed by atoms with E-state index in [0.29, 0.717) is 37.4 Å². The number of nitro benzene ring substituents is 1. The first-order valence-electron chi connectivity index (χ1n) is 10.7. The molecule has 0 spiro atoms. The summed E-state index contributed by atoms with van der Waals surface area (Å²) >= 11 is 0. The highest BCUT2D eigenvalue weighted by Crippen LogP contribution is 2.29. The molecule has 0 atom stereocenters. The number of nitrogens with zero attached hydrogens (tertiary/aromatic N) is 5. The normalized spacial score (nSPS) is 13.8. The maximum Gasteiger partial charge on any atom is 0.292 e. The number of benzene rings is 2. The van der Waals surface area contributed by atoms with Gasteiger partial charge in [0.1, 0.15) is 5.69 Å². The Kier molecular flexibility index (Phi) is 5.40. The summed E-state index contributed by atoms with van der Waals surface area (Å²) in [4.78, 5) is 37.2. The molecule has 5 rings (SSSR count). The summed E-state index contributed by atoms with van der Waals surface area (Å²) in [6, 6.07) is 19.9. The number of aromatic nitrogens is 2. The molecule has 33 heavy (non-hydrogen) atoms. The van der Waals surface area contributed by atoms with Gasteiger partial charge in [-0.15, -0.1) is 0 Å². The highest BCUT2D eigenvalue weighted by molar-refractivity contribution is 6.07. The van der Waals surface area contributed by atoms with E-state index in [0.717, 1.165) is 22.2 Å². The van der Waals surface area contributed by atoms with E-state index in [1.807, 2.05) is 52.3 Å². The predicted octanol–water partition coefficient (Wildman–Crippen LogP) is 4.17. The first-order chi connectivity index (χ1) is 16.1. The molecule has 0 saturated carbocycles. The van der Waals surface area contributed by atoms with Crippen molar-refractivity contribution < 1.29 is 9.72 Å². The predicted molar refractivity (Wildman–Crippen MR) is 126 cm³/mol. The zero-order valence-corrected chi connectivity index (χ0v) is 17.8. The van der Waals surface area contributed by atoms with E-state index in [1.54, 1.807) is 30.6 Å². The summed E-state index contributed by atoms with van der Waals surface area (Å²) in [5, 5.41) is 12.2. The number of amides is 1. The van der Waals surface area contributed by atoms with Crippen LogP contribution in [0.4, 0.5) is 11.4 Å². The van der Waals surface area contributed by atoms with E-state index in [1.165, 1.54) is 6.07 Å². The van der Waals surface area contributed by atoms with Crippen molar-refractivity contribution in [1.29, 1.82) is 0 Å². The number of carbonyl (C=O) groups is 1. The average molecular weight is 439 g/mol. The van der Waals surface area contributed by atoms with Crippen molar-refractivity contribution in [2.75, 3.05) is 31.1 Å². The van der Waals surface area contributed by atoms with Gasteiger partial charge in [-0.3, -0.25) is 19.9 Å². The minimum atomic E-state index is -0.364. The summed E-state index contributed by atoms with van der Waals surface area (Å²) in [7, 11) is 0. The van der Waals surface area contributed by atoms with Gasteiger partial charge in [0, 0.05) is 55.6 Å². The Morgan fingerprint density at radius 3 is 2.36 bits per heavy atom. The molecule has 0 radical (unpaired) electrons. The Balaban J connectivity index is 1.43. The monoisotopic (exact) mass is 439 g/mol. The number of nitro groups is 1. The third kappa shape index (κ3) is 3.98. The number of piperazine rings is 1. The molecule has 0 aliphatic carbocycles. The van der Waals surface area contributed by atoms with E-state index < -0.39 is 0 Å². The van der Waals surface area contributed by atoms with Crippen LogP contribution in [-0.4, -0.2) is 51.9 Å². The molecule has 1 aliphatic heterocycles. The van der Waals surface area contributed by atoms with Crippen molar-refractivity contribution in [1.82, 2.24) is 14.9 Å². The number of rotatable bonds is 4. The standard InChI is InChI=1S/C25H21N5O3/c31-25(29-15-13-28(14-16-29)23-7-3-4-8-24(23)30(32)33)20-17-22(18-9-11-26-12-10-18)27-21-6-2-1-5-19(20)21/h1-12,17H,13-16H2. The minimum absolute atomic E-state index is 0.0638. The second-order valence-electron chi connectivity index (χ2n) is 7.83. The van der Waals surface area contributed by atoms with Crippen LogP contribution in [0.15, 0.2) is 79.1 Å². The molecule has 2 aromatic carbocycles. The lowest BCUT2D eigenvalue weighted by molar-refractivity contribution is -0.384. The van der Waals surface area contributed by atoms with Crippen LogP contribution >= 0.6 is 0 Å². The van der Waals surface area contributed by atoms with Gasteiger partial charge in [0.15, 0.2) is 0 Å². The molecule has 0 unspecified atom stereocenters. The summed E-state index contributed by atoms with van der Waals surface area (Å²) < 4.78 is 0. The van der Waals surface area contributed by atoms with Gasteiger partial charge < -0.3 is 9.80 Å². The number of para-hydroxylation sites is 3. The summed E-state index contributed by atoms with van der Waals surface area (Å²) in [5.74, 6) is -0.0638. The minimum Gasteiger partial charge on any atom is -0.362 e. The van der Waals surface area contributed by atoms with E-state index in [-0.39, 0.29) is 16.5 Å². The Morgan fingerprint density at radius 1 is 0.909 bits per heavy atom. The molecule has 1 amide bonds. The van der Waals surface area contributed by atoms with Crippen LogP contribution in [0.1, 0.15) is 10.4 Å². The van der Waals surface area contributed by atoms with Gasteiger partial charge in [-0.2, -0.15) is 0 Å². The maximum absolute atomic E-state index is 13.6. The fourth-order valence-corrected chi connectivity index (χ4v) is 4.23. The number of hydrogen-bond donors (Lipinski definition) is 0. The second-order valence-corrected chi connectivity index (χ2v) is 7.83. The first-order valence-corrected chi connectivity index (χ1v) is 10.7. The molecule has 1 fully saturated rings. The van der Waals surface area contributed by atoms with Gasteiger partial charge in [0.25, 0.3) is 11.6 Å². The molecule has 0 bridgehead atoms. The van der Waals surface area contributed by atoms with Crippen LogP contribution in [0.5, 0.6) is 0 Å².